The highest BCUT2D eigenvalue weighted by molar-refractivity contribution is 5.57. The van der Waals surface area contributed by atoms with E-state index in [0.717, 1.165) is 11.1 Å². The van der Waals surface area contributed by atoms with E-state index in [1.165, 1.54) is 7.11 Å². The Morgan fingerprint density at radius 2 is 2.00 bits per heavy atom. The van der Waals surface area contributed by atoms with E-state index in [9.17, 15) is 0 Å². The Labute approximate surface area is 99.9 Å². The van der Waals surface area contributed by atoms with Gasteiger partial charge in [0.2, 0.25) is 5.95 Å². The highest BCUT2D eigenvalue weighted by Crippen LogP contribution is 2.19. The molecule has 2 rings (SSSR count). The van der Waals surface area contributed by atoms with Crippen LogP contribution in [-0.2, 0) is 0 Å². The van der Waals surface area contributed by atoms with Gasteiger partial charge in [-0.15, -0.1) is 0 Å². The van der Waals surface area contributed by atoms with Gasteiger partial charge in [0, 0.05) is 12.6 Å². The van der Waals surface area contributed by atoms with Crippen molar-refractivity contribution < 1.29 is 4.74 Å². The minimum atomic E-state index is 0.306. The van der Waals surface area contributed by atoms with Crippen molar-refractivity contribution in [2.75, 3.05) is 19.5 Å². The number of aryl methyl sites for hydroxylation is 1. The molecule has 1 heterocycles. The first-order valence-electron chi connectivity index (χ1n) is 5.28. The van der Waals surface area contributed by atoms with Crippen molar-refractivity contribution in [2.24, 2.45) is 0 Å². The van der Waals surface area contributed by atoms with Crippen LogP contribution in [-0.4, -0.2) is 29.1 Å². The van der Waals surface area contributed by atoms with Crippen molar-refractivity contribution in [1.82, 2.24) is 15.0 Å². The van der Waals surface area contributed by atoms with Crippen LogP contribution in [0.15, 0.2) is 24.3 Å². The average Bonchev–Trinajstić information content (AvgIpc) is 2.38. The van der Waals surface area contributed by atoms with E-state index in [1.807, 2.05) is 31.2 Å². The summed E-state index contributed by atoms with van der Waals surface area (Å²) in [5.41, 5.74) is 2.11. The monoisotopic (exact) mass is 230 g/mol. The third-order valence-corrected chi connectivity index (χ3v) is 2.30. The fourth-order valence-corrected chi connectivity index (χ4v) is 1.47. The topological polar surface area (TPSA) is 59.9 Å². The quantitative estimate of drug-likeness (QED) is 0.872. The summed E-state index contributed by atoms with van der Waals surface area (Å²) in [5, 5.41) is 2.88. The lowest BCUT2D eigenvalue weighted by Crippen LogP contribution is -2.03. The molecule has 0 saturated carbocycles. The van der Waals surface area contributed by atoms with E-state index in [1.54, 1.807) is 7.05 Å². The lowest BCUT2D eigenvalue weighted by atomic mass is 10.1. The summed E-state index contributed by atoms with van der Waals surface area (Å²) in [4.78, 5) is 12.6. The fraction of sp³-hybridized carbons (Fsp3) is 0.250. The molecule has 0 aliphatic rings. The standard InChI is InChI=1S/C12H14N4O/c1-8-5-4-6-9(7-8)10-14-11(13-2)16-12(15-10)17-3/h4-7H,1-3H3,(H,13,14,15,16). The molecule has 0 spiro atoms. The molecule has 17 heavy (non-hydrogen) atoms. The van der Waals surface area contributed by atoms with E-state index in [2.05, 4.69) is 20.3 Å². The molecular formula is C12H14N4O. The number of nitrogens with one attached hydrogen (secondary N) is 1. The predicted octanol–water partition coefficient (Wildman–Crippen LogP) is 1.90. The van der Waals surface area contributed by atoms with Crippen molar-refractivity contribution in [2.45, 2.75) is 6.92 Å². The van der Waals surface area contributed by atoms with Gasteiger partial charge in [-0.25, -0.2) is 0 Å². The molecule has 0 aliphatic heterocycles. The zero-order valence-corrected chi connectivity index (χ0v) is 10.1. The second-order valence-electron chi connectivity index (χ2n) is 3.59. The normalized spacial score (nSPS) is 10.1. The summed E-state index contributed by atoms with van der Waals surface area (Å²) in [6.45, 7) is 2.03. The maximum Gasteiger partial charge on any atom is 0.321 e. The number of methoxy groups -OCH3 is 1. The van der Waals surface area contributed by atoms with Crippen LogP contribution in [0.4, 0.5) is 5.95 Å². The van der Waals surface area contributed by atoms with Crippen molar-refractivity contribution >= 4 is 5.95 Å². The van der Waals surface area contributed by atoms with Crippen LogP contribution < -0.4 is 10.1 Å². The first-order chi connectivity index (χ1) is 8.22. The molecule has 88 valence electrons. The number of rotatable bonds is 3. The van der Waals surface area contributed by atoms with Crippen LogP contribution in [0, 0.1) is 6.92 Å². The largest absolute Gasteiger partial charge is 0.467 e. The number of nitrogens with zero attached hydrogens (tertiary/aromatic N) is 3. The van der Waals surface area contributed by atoms with E-state index in [4.69, 9.17) is 4.74 Å². The number of hydrogen-bond acceptors (Lipinski definition) is 5. The highest BCUT2D eigenvalue weighted by atomic mass is 16.5. The molecule has 5 heteroatoms. The SMILES string of the molecule is CNc1nc(OC)nc(-c2cccc(C)c2)n1. The van der Waals surface area contributed by atoms with Gasteiger partial charge in [0.05, 0.1) is 7.11 Å². The van der Waals surface area contributed by atoms with Crippen molar-refractivity contribution in [3.8, 4) is 17.4 Å². The predicted molar refractivity (Wildman–Crippen MR) is 66.1 cm³/mol. The number of anilines is 1. The minimum Gasteiger partial charge on any atom is -0.467 e. The van der Waals surface area contributed by atoms with E-state index >= 15 is 0 Å². The van der Waals surface area contributed by atoms with Gasteiger partial charge < -0.3 is 10.1 Å². The lowest BCUT2D eigenvalue weighted by molar-refractivity contribution is 0.379. The molecule has 0 bridgehead atoms. The molecule has 0 radical (unpaired) electrons. The van der Waals surface area contributed by atoms with Crippen LogP contribution in [0.2, 0.25) is 0 Å². The number of ether oxygens (including phenoxy) is 1. The second kappa shape index (κ2) is 4.78. The van der Waals surface area contributed by atoms with Gasteiger partial charge >= 0.3 is 6.01 Å². The van der Waals surface area contributed by atoms with E-state index in [-0.39, 0.29) is 0 Å². The van der Waals surface area contributed by atoms with E-state index in [0.29, 0.717) is 17.8 Å². The van der Waals surface area contributed by atoms with Gasteiger partial charge in [0.25, 0.3) is 0 Å². The molecule has 1 aromatic carbocycles. The van der Waals surface area contributed by atoms with Gasteiger partial charge in [-0.1, -0.05) is 23.8 Å². The highest BCUT2D eigenvalue weighted by Gasteiger charge is 2.07. The van der Waals surface area contributed by atoms with Crippen molar-refractivity contribution in [3.63, 3.8) is 0 Å². The molecule has 0 amide bonds. The Morgan fingerprint density at radius 1 is 1.18 bits per heavy atom. The Morgan fingerprint density at radius 3 is 2.65 bits per heavy atom. The Kier molecular flexibility index (Phi) is 3.18. The first kappa shape index (κ1) is 11.3. The first-order valence-corrected chi connectivity index (χ1v) is 5.28. The molecule has 2 aromatic rings. The molecule has 1 aromatic heterocycles. The minimum absolute atomic E-state index is 0.306. The van der Waals surface area contributed by atoms with Crippen LogP contribution in [0.25, 0.3) is 11.4 Å². The Balaban J connectivity index is 2.50. The molecule has 0 fully saturated rings. The molecular weight excluding hydrogens is 216 g/mol. The summed E-state index contributed by atoms with van der Waals surface area (Å²) in [6, 6.07) is 8.29. The number of aromatic nitrogens is 3. The van der Waals surface area contributed by atoms with Gasteiger partial charge in [0.15, 0.2) is 5.82 Å². The van der Waals surface area contributed by atoms with Crippen LogP contribution in [0.5, 0.6) is 6.01 Å². The molecule has 1 N–H and O–H groups in total. The Hall–Kier alpha value is -2.17. The summed E-state index contributed by atoms with van der Waals surface area (Å²) in [7, 11) is 3.30. The zero-order valence-electron chi connectivity index (χ0n) is 10.1. The summed E-state index contributed by atoms with van der Waals surface area (Å²) < 4.78 is 5.05. The third kappa shape index (κ3) is 2.50. The van der Waals surface area contributed by atoms with Gasteiger partial charge in [-0.05, 0) is 13.0 Å². The average molecular weight is 230 g/mol. The molecule has 5 nitrogen and oxygen atoms in total. The van der Waals surface area contributed by atoms with E-state index < -0.39 is 0 Å². The van der Waals surface area contributed by atoms with Gasteiger partial charge in [-0.3, -0.25) is 0 Å². The molecule has 0 atom stereocenters. The smallest absolute Gasteiger partial charge is 0.321 e. The third-order valence-electron chi connectivity index (χ3n) is 2.30. The molecule has 0 saturated heterocycles. The zero-order chi connectivity index (χ0) is 12.3. The number of benzene rings is 1. The summed E-state index contributed by atoms with van der Waals surface area (Å²) in [6.07, 6.45) is 0. The second-order valence-corrected chi connectivity index (χ2v) is 3.59. The maximum absolute atomic E-state index is 5.05. The maximum atomic E-state index is 5.05. The van der Waals surface area contributed by atoms with Crippen molar-refractivity contribution in [3.05, 3.63) is 29.8 Å². The Bertz CT molecular complexity index is 505. The van der Waals surface area contributed by atoms with Crippen molar-refractivity contribution in [1.29, 1.82) is 0 Å². The fourth-order valence-electron chi connectivity index (χ4n) is 1.47. The van der Waals surface area contributed by atoms with Gasteiger partial charge in [0.1, 0.15) is 0 Å². The summed E-state index contributed by atoms with van der Waals surface area (Å²) >= 11 is 0. The molecule has 0 unspecified atom stereocenters. The van der Waals surface area contributed by atoms with Crippen LogP contribution in [0.1, 0.15) is 5.56 Å². The van der Waals surface area contributed by atoms with Gasteiger partial charge in [-0.2, -0.15) is 15.0 Å². The summed E-state index contributed by atoms with van der Waals surface area (Å²) in [5.74, 6) is 1.10. The van der Waals surface area contributed by atoms with Crippen LogP contribution >= 0.6 is 0 Å². The number of hydrogen-bond donors (Lipinski definition) is 1. The molecule has 0 aliphatic carbocycles. The lowest BCUT2D eigenvalue weighted by Gasteiger charge is -2.06. The van der Waals surface area contributed by atoms with Crippen LogP contribution in [0.3, 0.4) is 0 Å².